The average molecular weight is 251 g/mol. The van der Waals surface area contributed by atoms with E-state index in [1.807, 2.05) is 25.2 Å². The summed E-state index contributed by atoms with van der Waals surface area (Å²) in [4.78, 5) is 23.2. The minimum atomic E-state index is -0.521. The summed E-state index contributed by atoms with van der Waals surface area (Å²) >= 11 is 0. The van der Waals surface area contributed by atoms with Gasteiger partial charge in [-0.3, -0.25) is 4.79 Å². The molecule has 0 aliphatic heterocycles. The lowest BCUT2D eigenvalue weighted by molar-refractivity contribution is -0.129. The Morgan fingerprint density at radius 2 is 2.22 bits per heavy atom. The zero-order valence-corrected chi connectivity index (χ0v) is 11.1. The molecule has 0 saturated carbocycles. The molecular weight excluding hydrogens is 230 g/mol. The van der Waals surface area contributed by atoms with E-state index in [0.717, 1.165) is 12.8 Å². The molecule has 0 fully saturated rings. The normalized spacial score (nSPS) is 23.0. The van der Waals surface area contributed by atoms with Crippen molar-refractivity contribution in [2.45, 2.75) is 33.1 Å². The molecule has 18 heavy (non-hydrogen) atoms. The average Bonchev–Trinajstić information content (AvgIpc) is 2.37. The molecule has 0 heterocycles. The van der Waals surface area contributed by atoms with E-state index in [1.54, 1.807) is 6.92 Å². The number of carbonyl (C=O) groups is 2. The Morgan fingerprint density at radius 3 is 2.78 bits per heavy atom. The summed E-state index contributed by atoms with van der Waals surface area (Å²) in [5.41, 5.74) is -0.521. The SMILES string of the molecule is CC=CCNC(=O)OCC1(C(C)=O)CC=CCC1. The fourth-order valence-corrected chi connectivity index (χ4v) is 1.96. The van der Waals surface area contributed by atoms with Crippen LogP contribution in [0.4, 0.5) is 4.79 Å². The molecule has 1 amide bonds. The first-order valence-electron chi connectivity index (χ1n) is 6.28. The van der Waals surface area contributed by atoms with Crippen LogP contribution in [0, 0.1) is 5.41 Å². The first-order chi connectivity index (χ1) is 8.60. The Labute approximate surface area is 108 Å². The van der Waals surface area contributed by atoms with Gasteiger partial charge in [0.05, 0.1) is 5.41 Å². The fraction of sp³-hybridized carbons (Fsp3) is 0.571. The quantitative estimate of drug-likeness (QED) is 0.764. The second-order valence-electron chi connectivity index (χ2n) is 4.58. The molecule has 1 rings (SSSR count). The molecule has 1 aliphatic carbocycles. The zero-order chi connectivity index (χ0) is 13.4. The molecule has 0 spiro atoms. The van der Waals surface area contributed by atoms with E-state index in [4.69, 9.17) is 4.74 Å². The number of ether oxygens (including phenoxy) is 1. The van der Waals surface area contributed by atoms with Crippen LogP contribution in [0.3, 0.4) is 0 Å². The van der Waals surface area contributed by atoms with E-state index in [0.29, 0.717) is 13.0 Å². The van der Waals surface area contributed by atoms with Gasteiger partial charge in [-0.15, -0.1) is 0 Å². The summed E-state index contributed by atoms with van der Waals surface area (Å²) in [5.74, 6) is 0.0908. The van der Waals surface area contributed by atoms with Crippen LogP contribution in [0.25, 0.3) is 0 Å². The van der Waals surface area contributed by atoms with Crippen LogP contribution in [0.5, 0.6) is 0 Å². The van der Waals surface area contributed by atoms with Crippen LogP contribution in [0.1, 0.15) is 33.1 Å². The smallest absolute Gasteiger partial charge is 0.407 e. The molecule has 0 aromatic rings. The molecule has 1 aliphatic rings. The Balaban J connectivity index is 2.45. The molecule has 100 valence electrons. The Morgan fingerprint density at radius 1 is 1.44 bits per heavy atom. The first kappa shape index (κ1) is 14.5. The molecule has 1 unspecified atom stereocenters. The van der Waals surface area contributed by atoms with Gasteiger partial charge in [-0.25, -0.2) is 4.79 Å². The van der Waals surface area contributed by atoms with Crippen LogP contribution in [0.2, 0.25) is 0 Å². The van der Waals surface area contributed by atoms with Crippen molar-refractivity contribution < 1.29 is 14.3 Å². The maximum absolute atomic E-state index is 11.7. The van der Waals surface area contributed by atoms with Gasteiger partial charge in [0, 0.05) is 6.54 Å². The summed E-state index contributed by atoms with van der Waals surface area (Å²) in [6.07, 6.45) is 9.53. The Kier molecular flexibility index (Phi) is 5.62. The number of rotatable bonds is 5. The van der Waals surface area contributed by atoms with Gasteiger partial charge >= 0.3 is 6.09 Å². The largest absolute Gasteiger partial charge is 0.448 e. The summed E-state index contributed by atoms with van der Waals surface area (Å²) in [7, 11) is 0. The van der Waals surface area contributed by atoms with Gasteiger partial charge in [-0.1, -0.05) is 24.3 Å². The van der Waals surface area contributed by atoms with Gasteiger partial charge < -0.3 is 10.1 Å². The molecule has 1 N–H and O–H groups in total. The molecule has 4 heteroatoms. The van der Waals surface area contributed by atoms with E-state index < -0.39 is 11.5 Å². The zero-order valence-electron chi connectivity index (χ0n) is 11.1. The number of allylic oxidation sites excluding steroid dienone is 3. The molecule has 0 aromatic carbocycles. The highest BCUT2D eigenvalue weighted by Gasteiger charge is 2.36. The highest BCUT2D eigenvalue weighted by Crippen LogP contribution is 2.34. The van der Waals surface area contributed by atoms with Gasteiger partial charge in [-0.2, -0.15) is 0 Å². The number of ketones is 1. The van der Waals surface area contributed by atoms with Crippen molar-refractivity contribution in [2.75, 3.05) is 13.2 Å². The number of hydrogen-bond donors (Lipinski definition) is 1. The third-order valence-electron chi connectivity index (χ3n) is 3.29. The summed E-state index contributed by atoms with van der Waals surface area (Å²) in [6, 6.07) is 0. The van der Waals surface area contributed by atoms with Crippen LogP contribution in [0.15, 0.2) is 24.3 Å². The predicted octanol–water partition coefficient (Wildman–Crippen LogP) is 2.60. The van der Waals surface area contributed by atoms with Crippen molar-refractivity contribution in [1.82, 2.24) is 5.32 Å². The van der Waals surface area contributed by atoms with Crippen molar-refractivity contribution in [3.63, 3.8) is 0 Å². The molecule has 0 radical (unpaired) electrons. The van der Waals surface area contributed by atoms with Crippen LogP contribution >= 0.6 is 0 Å². The number of Topliss-reactive ketones (excluding diaryl/α,β-unsaturated/α-hetero) is 1. The lowest BCUT2D eigenvalue weighted by atomic mass is 9.75. The summed E-state index contributed by atoms with van der Waals surface area (Å²) in [6.45, 7) is 4.06. The maximum Gasteiger partial charge on any atom is 0.407 e. The van der Waals surface area contributed by atoms with Crippen LogP contribution in [-0.2, 0) is 9.53 Å². The molecule has 0 aromatic heterocycles. The molecular formula is C14H21NO3. The fourth-order valence-electron chi connectivity index (χ4n) is 1.96. The van der Waals surface area contributed by atoms with Crippen LogP contribution < -0.4 is 5.32 Å². The van der Waals surface area contributed by atoms with Crippen LogP contribution in [-0.4, -0.2) is 25.0 Å². The Hall–Kier alpha value is -1.58. The summed E-state index contributed by atoms with van der Waals surface area (Å²) in [5, 5.41) is 2.60. The third kappa shape index (κ3) is 4.02. The van der Waals surface area contributed by atoms with Crippen molar-refractivity contribution in [2.24, 2.45) is 5.41 Å². The standard InChI is InChI=1S/C14H21NO3/c1-3-4-10-15-13(17)18-11-14(12(2)16)8-6-5-7-9-14/h3-6H,7-11H2,1-2H3,(H,15,17). The predicted molar refractivity (Wildman–Crippen MR) is 70.3 cm³/mol. The maximum atomic E-state index is 11.7. The van der Waals surface area contributed by atoms with Crippen molar-refractivity contribution in [1.29, 1.82) is 0 Å². The minimum Gasteiger partial charge on any atom is -0.448 e. The monoisotopic (exact) mass is 251 g/mol. The molecule has 4 nitrogen and oxygen atoms in total. The van der Waals surface area contributed by atoms with Gasteiger partial charge in [-0.05, 0) is 33.1 Å². The van der Waals surface area contributed by atoms with Crippen molar-refractivity contribution in [3.05, 3.63) is 24.3 Å². The van der Waals surface area contributed by atoms with Gasteiger partial charge in [0.1, 0.15) is 12.4 Å². The number of hydrogen-bond acceptors (Lipinski definition) is 3. The van der Waals surface area contributed by atoms with E-state index in [2.05, 4.69) is 11.4 Å². The van der Waals surface area contributed by atoms with E-state index in [1.165, 1.54) is 0 Å². The highest BCUT2D eigenvalue weighted by atomic mass is 16.5. The second-order valence-corrected chi connectivity index (χ2v) is 4.58. The third-order valence-corrected chi connectivity index (χ3v) is 3.29. The Bertz CT molecular complexity index is 360. The van der Waals surface area contributed by atoms with E-state index in [9.17, 15) is 9.59 Å². The number of amides is 1. The molecule has 1 atom stereocenters. The minimum absolute atomic E-state index is 0.0908. The lowest BCUT2D eigenvalue weighted by Gasteiger charge is -2.31. The van der Waals surface area contributed by atoms with Crippen molar-refractivity contribution >= 4 is 11.9 Å². The van der Waals surface area contributed by atoms with E-state index >= 15 is 0 Å². The number of nitrogens with one attached hydrogen (secondary N) is 1. The van der Waals surface area contributed by atoms with Gasteiger partial charge in [0.15, 0.2) is 0 Å². The van der Waals surface area contributed by atoms with Crippen molar-refractivity contribution in [3.8, 4) is 0 Å². The lowest BCUT2D eigenvalue weighted by Crippen LogP contribution is -2.38. The highest BCUT2D eigenvalue weighted by molar-refractivity contribution is 5.83. The topological polar surface area (TPSA) is 55.4 Å². The van der Waals surface area contributed by atoms with Gasteiger partial charge in [0.2, 0.25) is 0 Å². The second kappa shape index (κ2) is 6.99. The first-order valence-corrected chi connectivity index (χ1v) is 6.28. The van der Waals surface area contributed by atoms with Gasteiger partial charge in [0.25, 0.3) is 0 Å². The molecule has 0 saturated heterocycles. The molecule has 0 bridgehead atoms. The van der Waals surface area contributed by atoms with E-state index in [-0.39, 0.29) is 12.4 Å². The summed E-state index contributed by atoms with van der Waals surface area (Å²) < 4.78 is 5.15. The number of alkyl carbamates (subject to hydrolysis) is 1. The number of carbonyl (C=O) groups excluding carboxylic acids is 2.